The van der Waals surface area contributed by atoms with Crippen LogP contribution in [0.2, 0.25) is 0 Å². The Morgan fingerprint density at radius 1 is 1.22 bits per heavy atom. The smallest absolute Gasteiger partial charge is 0.0366 e. The Labute approximate surface area is 111 Å². The second-order valence-electron chi connectivity index (χ2n) is 5.73. The van der Waals surface area contributed by atoms with Crippen LogP contribution in [-0.2, 0) is 0 Å². The molecule has 0 aliphatic carbocycles. The van der Waals surface area contributed by atoms with Crippen LogP contribution in [0.25, 0.3) is 0 Å². The molecule has 0 amide bonds. The zero-order valence-electron chi connectivity index (χ0n) is 11.9. The summed E-state index contributed by atoms with van der Waals surface area (Å²) in [4.78, 5) is 2.54. The number of likely N-dealkylation sites (N-methyl/N-ethyl adjacent to an activating group) is 1. The van der Waals surface area contributed by atoms with Gasteiger partial charge < -0.3 is 10.2 Å². The van der Waals surface area contributed by atoms with Gasteiger partial charge >= 0.3 is 0 Å². The van der Waals surface area contributed by atoms with E-state index in [2.05, 4.69) is 61.3 Å². The average molecular weight is 246 g/mol. The number of hydrogen-bond donors (Lipinski definition) is 1. The number of benzene rings is 1. The summed E-state index contributed by atoms with van der Waals surface area (Å²) in [5, 5.41) is 3.63. The fraction of sp³-hybridized carbons (Fsp3) is 0.625. The van der Waals surface area contributed by atoms with E-state index in [1.165, 1.54) is 18.7 Å². The molecule has 0 radical (unpaired) electrons. The molecule has 100 valence electrons. The molecule has 1 saturated heterocycles. The number of piperidine rings is 1. The van der Waals surface area contributed by atoms with Gasteiger partial charge in [0.1, 0.15) is 0 Å². The molecular weight excluding hydrogens is 220 g/mol. The number of nitrogens with one attached hydrogen (secondary N) is 1. The van der Waals surface area contributed by atoms with Gasteiger partial charge in [-0.1, -0.05) is 39.0 Å². The van der Waals surface area contributed by atoms with Gasteiger partial charge in [-0.2, -0.15) is 0 Å². The first-order chi connectivity index (χ1) is 8.70. The first-order valence-electron chi connectivity index (χ1n) is 7.24. The third-order valence-corrected chi connectivity index (χ3v) is 4.04. The lowest BCUT2D eigenvalue weighted by Crippen LogP contribution is -2.50. The van der Waals surface area contributed by atoms with Gasteiger partial charge in [-0.3, -0.25) is 0 Å². The molecule has 1 aromatic carbocycles. The largest absolute Gasteiger partial charge is 0.370 e. The molecule has 2 rings (SSSR count). The molecule has 1 aliphatic rings. The highest BCUT2D eigenvalue weighted by Gasteiger charge is 2.28. The maximum atomic E-state index is 3.63. The summed E-state index contributed by atoms with van der Waals surface area (Å²) in [5.74, 6) is 1.56. The summed E-state index contributed by atoms with van der Waals surface area (Å²) in [6.07, 6.45) is 1.31. The molecule has 0 spiro atoms. The Morgan fingerprint density at radius 3 is 2.56 bits per heavy atom. The van der Waals surface area contributed by atoms with E-state index < -0.39 is 0 Å². The molecule has 2 unspecified atom stereocenters. The van der Waals surface area contributed by atoms with Crippen molar-refractivity contribution in [2.75, 3.05) is 24.5 Å². The van der Waals surface area contributed by atoms with E-state index in [1.807, 2.05) is 0 Å². The zero-order chi connectivity index (χ0) is 13.0. The van der Waals surface area contributed by atoms with E-state index in [-0.39, 0.29) is 0 Å². The highest BCUT2D eigenvalue weighted by atomic mass is 15.2. The van der Waals surface area contributed by atoms with Crippen molar-refractivity contribution < 1.29 is 0 Å². The van der Waals surface area contributed by atoms with Crippen LogP contribution < -0.4 is 10.2 Å². The van der Waals surface area contributed by atoms with Gasteiger partial charge in [-0.05, 0) is 36.9 Å². The Hall–Kier alpha value is -1.02. The Balaban J connectivity index is 2.10. The zero-order valence-corrected chi connectivity index (χ0v) is 11.9. The van der Waals surface area contributed by atoms with Gasteiger partial charge in [-0.15, -0.1) is 0 Å². The van der Waals surface area contributed by atoms with Crippen molar-refractivity contribution in [2.45, 2.75) is 33.2 Å². The van der Waals surface area contributed by atoms with Crippen LogP contribution in [0.1, 0.15) is 27.2 Å². The number of rotatable bonds is 4. The fourth-order valence-electron chi connectivity index (χ4n) is 2.91. The van der Waals surface area contributed by atoms with Gasteiger partial charge in [0.25, 0.3) is 0 Å². The third-order valence-electron chi connectivity index (χ3n) is 4.04. The summed E-state index contributed by atoms with van der Waals surface area (Å²) >= 11 is 0. The number of anilines is 1. The van der Waals surface area contributed by atoms with Crippen LogP contribution in [-0.4, -0.2) is 25.7 Å². The van der Waals surface area contributed by atoms with E-state index in [1.54, 1.807) is 0 Å². The van der Waals surface area contributed by atoms with Crippen LogP contribution >= 0.6 is 0 Å². The van der Waals surface area contributed by atoms with E-state index in [4.69, 9.17) is 0 Å². The Morgan fingerprint density at radius 2 is 1.94 bits per heavy atom. The summed E-state index contributed by atoms with van der Waals surface area (Å²) in [6, 6.07) is 11.5. The second kappa shape index (κ2) is 6.24. The summed E-state index contributed by atoms with van der Waals surface area (Å²) in [6.45, 7) is 10.3. The van der Waals surface area contributed by atoms with E-state index in [0.717, 1.165) is 24.9 Å². The highest BCUT2D eigenvalue weighted by Crippen LogP contribution is 2.27. The second-order valence-corrected chi connectivity index (χ2v) is 5.73. The minimum atomic E-state index is 0.636. The molecule has 2 atom stereocenters. The standard InChI is InChI=1S/C16H26N2/c1-4-17-15-10-14(13(2)3)11-18(12-15)16-8-6-5-7-9-16/h5-9,13-15,17H,4,10-12H2,1-3H3. The fourth-order valence-corrected chi connectivity index (χ4v) is 2.91. The lowest BCUT2D eigenvalue weighted by molar-refractivity contribution is 0.275. The molecule has 0 bridgehead atoms. The summed E-state index contributed by atoms with van der Waals surface area (Å²) in [7, 11) is 0. The minimum absolute atomic E-state index is 0.636. The van der Waals surface area contributed by atoms with Gasteiger partial charge in [-0.25, -0.2) is 0 Å². The minimum Gasteiger partial charge on any atom is -0.370 e. The van der Waals surface area contributed by atoms with Gasteiger partial charge in [0, 0.05) is 24.8 Å². The maximum absolute atomic E-state index is 3.63. The molecule has 18 heavy (non-hydrogen) atoms. The molecule has 2 nitrogen and oxygen atoms in total. The van der Waals surface area contributed by atoms with Crippen molar-refractivity contribution in [1.29, 1.82) is 0 Å². The van der Waals surface area contributed by atoms with Crippen molar-refractivity contribution in [3.63, 3.8) is 0 Å². The van der Waals surface area contributed by atoms with Crippen molar-refractivity contribution in [1.82, 2.24) is 5.32 Å². The van der Waals surface area contributed by atoms with Crippen LogP contribution in [0.3, 0.4) is 0 Å². The van der Waals surface area contributed by atoms with Gasteiger partial charge in [0.15, 0.2) is 0 Å². The molecule has 1 aromatic rings. The van der Waals surface area contributed by atoms with E-state index in [9.17, 15) is 0 Å². The molecule has 1 heterocycles. The number of para-hydroxylation sites is 1. The molecule has 2 heteroatoms. The van der Waals surface area contributed by atoms with Crippen LogP contribution in [0.15, 0.2) is 30.3 Å². The molecule has 1 N–H and O–H groups in total. The van der Waals surface area contributed by atoms with E-state index >= 15 is 0 Å². The summed E-state index contributed by atoms with van der Waals surface area (Å²) in [5.41, 5.74) is 1.37. The normalized spacial score (nSPS) is 24.6. The van der Waals surface area contributed by atoms with Crippen LogP contribution in [0.4, 0.5) is 5.69 Å². The molecule has 1 fully saturated rings. The lowest BCUT2D eigenvalue weighted by atomic mass is 9.85. The first kappa shape index (κ1) is 13.4. The maximum Gasteiger partial charge on any atom is 0.0366 e. The summed E-state index contributed by atoms with van der Waals surface area (Å²) < 4.78 is 0. The molecule has 1 aliphatic heterocycles. The third kappa shape index (κ3) is 3.26. The van der Waals surface area contributed by atoms with Crippen molar-refractivity contribution in [3.05, 3.63) is 30.3 Å². The lowest BCUT2D eigenvalue weighted by Gasteiger charge is -2.41. The Kier molecular flexibility index (Phi) is 4.65. The first-order valence-corrected chi connectivity index (χ1v) is 7.24. The topological polar surface area (TPSA) is 15.3 Å². The van der Waals surface area contributed by atoms with E-state index in [0.29, 0.717) is 6.04 Å². The van der Waals surface area contributed by atoms with Gasteiger partial charge in [0.2, 0.25) is 0 Å². The molecule has 0 aromatic heterocycles. The molecule has 0 saturated carbocycles. The predicted octanol–water partition coefficient (Wildman–Crippen LogP) is 3.15. The Bertz CT molecular complexity index is 347. The van der Waals surface area contributed by atoms with Crippen molar-refractivity contribution in [2.24, 2.45) is 11.8 Å². The van der Waals surface area contributed by atoms with Crippen LogP contribution in [0.5, 0.6) is 0 Å². The average Bonchev–Trinajstić information content (AvgIpc) is 2.40. The quantitative estimate of drug-likeness (QED) is 0.878. The van der Waals surface area contributed by atoms with Gasteiger partial charge in [0.05, 0.1) is 0 Å². The molecular formula is C16H26N2. The van der Waals surface area contributed by atoms with Crippen molar-refractivity contribution >= 4 is 5.69 Å². The predicted molar refractivity (Wildman–Crippen MR) is 79.1 cm³/mol. The monoisotopic (exact) mass is 246 g/mol. The number of nitrogens with zero attached hydrogens (tertiary/aromatic N) is 1. The van der Waals surface area contributed by atoms with Crippen molar-refractivity contribution in [3.8, 4) is 0 Å². The SMILES string of the molecule is CCNC1CC(C(C)C)CN(c2ccccc2)C1. The number of hydrogen-bond acceptors (Lipinski definition) is 2. The van der Waals surface area contributed by atoms with Crippen LogP contribution in [0, 0.1) is 11.8 Å². The highest BCUT2D eigenvalue weighted by molar-refractivity contribution is 5.46.